The van der Waals surface area contributed by atoms with Crippen LogP contribution < -0.4 is 5.32 Å². The molecule has 4 nitrogen and oxygen atoms in total. The van der Waals surface area contributed by atoms with Crippen molar-refractivity contribution in [2.45, 2.75) is 57.4 Å². The van der Waals surface area contributed by atoms with Gasteiger partial charge in [0.2, 0.25) is 0 Å². The largest absolute Gasteiger partial charge is 0.459 e. The number of thioether (sulfide) groups is 1. The predicted molar refractivity (Wildman–Crippen MR) is 92.4 cm³/mol. The molecule has 22 heavy (non-hydrogen) atoms. The summed E-state index contributed by atoms with van der Waals surface area (Å²) in [6, 6.07) is 4.51. The molecule has 0 aliphatic carbocycles. The Kier molecular flexibility index (Phi) is 5.98. The van der Waals surface area contributed by atoms with E-state index < -0.39 is 0 Å². The fourth-order valence-electron chi connectivity index (χ4n) is 2.63. The highest BCUT2D eigenvalue weighted by atomic mass is 32.2. The number of carbonyl (C=O) groups excluding carboxylic acids is 1. The van der Waals surface area contributed by atoms with E-state index in [1.165, 1.54) is 0 Å². The number of amides is 1. The zero-order valence-electron chi connectivity index (χ0n) is 14.1. The second-order valence-electron chi connectivity index (χ2n) is 7.03. The van der Waals surface area contributed by atoms with Crippen molar-refractivity contribution in [2.24, 2.45) is 0 Å². The van der Waals surface area contributed by atoms with Crippen molar-refractivity contribution in [3.05, 3.63) is 24.2 Å². The quantitative estimate of drug-likeness (QED) is 0.902. The molecule has 1 aromatic rings. The SMILES string of the molecule is CC(CSC(C)(C)C)NC1CCN(C(=O)c2ccco2)CC1. The molecular weight excluding hydrogens is 296 g/mol. The van der Waals surface area contributed by atoms with E-state index in [0.29, 0.717) is 22.6 Å². The van der Waals surface area contributed by atoms with Gasteiger partial charge in [-0.05, 0) is 31.9 Å². The maximum Gasteiger partial charge on any atom is 0.289 e. The number of nitrogens with zero attached hydrogens (tertiary/aromatic N) is 1. The minimum atomic E-state index is 0.0137. The van der Waals surface area contributed by atoms with Gasteiger partial charge in [0.1, 0.15) is 0 Å². The van der Waals surface area contributed by atoms with E-state index in [9.17, 15) is 4.79 Å². The topological polar surface area (TPSA) is 45.5 Å². The van der Waals surface area contributed by atoms with Crippen LogP contribution in [0.5, 0.6) is 0 Å². The Morgan fingerprint density at radius 1 is 1.45 bits per heavy atom. The summed E-state index contributed by atoms with van der Waals surface area (Å²) in [6.07, 6.45) is 3.57. The first kappa shape index (κ1) is 17.4. The molecule has 1 amide bonds. The summed E-state index contributed by atoms with van der Waals surface area (Å²) in [7, 11) is 0. The average molecular weight is 324 g/mol. The third-order valence-corrected chi connectivity index (χ3v) is 5.33. The smallest absolute Gasteiger partial charge is 0.289 e. The molecule has 2 rings (SSSR count). The number of nitrogens with one attached hydrogen (secondary N) is 1. The number of hydrogen-bond acceptors (Lipinski definition) is 4. The third kappa shape index (κ3) is 5.36. The van der Waals surface area contributed by atoms with E-state index in [1.54, 1.807) is 18.4 Å². The van der Waals surface area contributed by atoms with Crippen molar-refractivity contribution in [1.82, 2.24) is 10.2 Å². The lowest BCUT2D eigenvalue weighted by Crippen LogP contribution is -2.47. The summed E-state index contributed by atoms with van der Waals surface area (Å²) >= 11 is 1.99. The fourth-order valence-corrected chi connectivity index (χ4v) is 3.48. The van der Waals surface area contributed by atoms with Crippen molar-refractivity contribution in [1.29, 1.82) is 0 Å². The summed E-state index contributed by atoms with van der Waals surface area (Å²) in [5.74, 6) is 1.58. The van der Waals surface area contributed by atoms with Crippen LogP contribution in [0.3, 0.4) is 0 Å². The standard InChI is InChI=1S/C17H28N2O2S/c1-13(12-22-17(2,3)4)18-14-7-9-19(10-8-14)16(20)15-6-5-11-21-15/h5-6,11,13-14,18H,7-10,12H2,1-4H3. The van der Waals surface area contributed by atoms with Gasteiger partial charge in [-0.15, -0.1) is 0 Å². The van der Waals surface area contributed by atoms with Gasteiger partial charge in [-0.3, -0.25) is 4.79 Å². The minimum absolute atomic E-state index is 0.0137. The van der Waals surface area contributed by atoms with Crippen LogP contribution in [0.15, 0.2) is 22.8 Å². The molecule has 0 spiro atoms. The predicted octanol–water partition coefficient (Wildman–Crippen LogP) is 3.39. The van der Waals surface area contributed by atoms with Crippen molar-refractivity contribution < 1.29 is 9.21 Å². The van der Waals surface area contributed by atoms with E-state index in [-0.39, 0.29) is 5.91 Å². The maximum atomic E-state index is 12.2. The maximum absolute atomic E-state index is 12.2. The van der Waals surface area contributed by atoms with Gasteiger partial charge >= 0.3 is 0 Å². The van der Waals surface area contributed by atoms with Crippen molar-refractivity contribution in [3.8, 4) is 0 Å². The molecule has 1 aliphatic rings. The van der Waals surface area contributed by atoms with E-state index in [4.69, 9.17) is 4.42 Å². The van der Waals surface area contributed by atoms with Crippen LogP contribution in [-0.4, -0.2) is 46.5 Å². The van der Waals surface area contributed by atoms with Crippen LogP contribution in [0.2, 0.25) is 0 Å². The lowest BCUT2D eigenvalue weighted by atomic mass is 10.0. The molecule has 1 saturated heterocycles. The first-order valence-electron chi connectivity index (χ1n) is 8.08. The van der Waals surface area contributed by atoms with Crippen LogP contribution in [-0.2, 0) is 0 Å². The van der Waals surface area contributed by atoms with E-state index in [0.717, 1.165) is 31.7 Å². The molecule has 0 aromatic carbocycles. The van der Waals surface area contributed by atoms with Crippen LogP contribution in [0.4, 0.5) is 0 Å². The highest BCUT2D eigenvalue weighted by Gasteiger charge is 2.25. The zero-order valence-corrected chi connectivity index (χ0v) is 14.9. The second kappa shape index (κ2) is 7.55. The van der Waals surface area contributed by atoms with Gasteiger partial charge in [0.25, 0.3) is 5.91 Å². The van der Waals surface area contributed by atoms with Gasteiger partial charge in [0.05, 0.1) is 6.26 Å². The van der Waals surface area contributed by atoms with Crippen LogP contribution in [0.25, 0.3) is 0 Å². The van der Waals surface area contributed by atoms with Gasteiger partial charge in [-0.2, -0.15) is 11.8 Å². The molecule has 1 unspecified atom stereocenters. The molecule has 2 heterocycles. The molecule has 0 bridgehead atoms. The number of carbonyl (C=O) groups is 1. The number of hydrogen-bond donors (Lipinski definition) is 1. The molecule has 1 aliphatic heterocycles. The van der Waals surface area contributed by atoms with Gasteiger partial charge in [0.15, 0.2) is 5.76 Å². The molecule has 1 N–H and O–H groups in total. The first-order chi connectivity index (χ1) is 10.3. The summed E-state index contributed by atoms with van der Waals surface area (Å²) in [5, 5.41) is 3.70. The molecule has 1 fully saturated rings. The Balaban J connectivity index is 1.72. The van der Waals surface area contributed by atoms with Crippen LogP contribution in [0, 0.1) is 0 Å². The fraction of sp³-hybridized carbons (Fsp3) is 0.706. The zero-order chi connectivity index (χ0) is 16.2. The summed E-state index contributed by atoms with van der Waals surface area (Å²) < 4.78 is 5.51. The summed E-state index contributed by atoms with van der Waals surface area (Å²) in [4.78, 5) is 14.1. The van der Waals surface area contributed by atoms with Gasteiger partial charge in [-0.1, -0.05) is 20.8 Å². The minimum Gasteiger partial charge on any atom is -0.459 e. The van der Waals surface area contributed by atoms with Crippen LogP contribution in [0.1, 0.15) is 51.1 Å². The van der Waals surface area contributed by atoms with E-state index >= 15 is 0 Å². The normalized spacial score (nSPS) is 18.5. The highest BCUT2D eigenvalue weighted by molar-refractivity contribution is 8.00. The van der Waals surface area contributed by atoms with E-state index in [1.807, 2.05) is 16.7 Å². The highest BCUT2D eigenvalue weighted by Crippen LogP contribution is 2.24. The van der Waals surface area contributed by atoms with Crippen molar-refractivity contribution in [3.63, 3.8) is 0 Å². The number of rotatable bonds is 5. The number of furan rings is 1. The third-order valence-electron chi connectivity index (χ3n) is 3.80. The Hall–Kier alpha value is -0.940. The monoisotopic (exact) mass is 324 g/mol. The average Bonchev–Trinajstić information content (AvgIpc) is 2.99. The van der Waals surface area contributed by atoms with Gasteiger partial charge < -0.3 is 14.6 Å². The molecule has 0 radical (unpaired) electrons. The van der Waals surface area contributed by atoms with Crippen molar-refractivity contribution >= 4 is 17.7 Å². The second-order valence-corrected chi connectivity index (χ2v) is 8.88. The Morgan fingerprint density at radius 2 is 2.14 bits per heavy atom. The Morgan fingerprint density at radius 3 is 2.68 bits per heavy atom. The number of likely N-dealkylation sites (tertiary alicyclic amines) is 1. The Bertz CT molecular complexity index is 460. The molecule has 5 heteroatoms. The molecular formula is C17H28N2O2S. The van der Waals surface area contributed by atoms with Crippen molar-refractivity contribution in [2.75, 3.05) is 18.8 Å². The summed E-state index contributed by atoms with van der Waals surface area (Å²) in [6.45, 7) is 10.6. The van der Waals surface area contributed by atoms with Gasteiger partial charge in [0, 0.05) is 35.7 Å². The molecule has 0 saturated carbocycles. The molecule has 1 atom stereocenters. The Labute approximate surface area is 138 Å². The van der Waals surface area contributed by atoms with Gasteiger partial charge in [-0.25, -0.2) is 0 Å². The molecule has 1 aromatic heterocycles. The lowest BCUT2D eigenvalue weighted by Gasteiger charge is -2.34. The summed E-state index contributed by atoms with van der Waals surface area (Å²) in [5.41, 5.74) is 0. The van der Waals surface area contributed by atoms with Crippen LogP contribution >= 0.6 is 11.8 Å². The van der Waals surface area contributed by atoms with E-state index in [2.05, 4.69) is 33.0 Å². The lowest BCUT2D eigenvalue weighted by molar-refractivity contribution is 0.0671. The first-order valence-corrected chi connectivity index (χ1v) is 9.06. The number of piperidine rings is 1. The molecule has 124 valence electrons.